The molecule has 1 heterocycles. The van der Waals surface area contributed by atoms with Gasteiger partial charge in [0.05, 0.1) is 0 Å². The normalized spacial score (nSPS) is 27.3. The maximum Gasteiger partial charge on any atom is 0.320 e. The van der Waals surface area contributed by atoms with Gasteiger partial charge in [-0.3, -0.25) is 9.69 Å². The molecule has 4 heteroatoms. The molecule has 1 aliphatic rings. The maximum atomic E-state index is 10.7. The van der Waals surface area contributed by atoms with Crippen molar-refractivity contribution in [2.24, 2.45) is 5.73 Å². The Morgan fingerprint density at radius 3 is 2.83 bits per heavy atom. The van der Waals surface area contributed by atoms with Crippen molar-refractivity contribution in [2.45, 2.75) is 31.8 Å². The largest absolute Gasteiger partial charge is 0.480 e. The van der Waals surface area contributed by atoms with Gasteiger partial charge in [0.1, 0.15) is 6.04 Å². The Kier molecular flexibility index (Phi) is 3.05. The highest BCUT2D eigenvalue weighted by Crippen LogP contribution is 2.13. The third-order valence-corrected chi connectivity index (χ3v) is 2.37. The molecule has 1 saturated heterocycles. The number of carbonyl (C=O) groups is 1. The molecule has 0 bridgehead atoms. The average Bonchev–Trinajstić information content (AvgIpc) is 2.37. The van der Waals surface area contributed by atoms with Crippen molar-refractivity contribution in [3.05, 3.63) is 0 Å². The van der Waals surface area contributed by atoms with Crippen LogP contribution in [0.5, 0.6) is 0 Å². The van der Waals surface area contributed by atoms with Crippen LogP contribution < -0.4 is 5.73 Å². The molecule has 12 heavy (non-hydrogen) atoms. The summed E-state index contributed by atoms with van der Waals surface area (Å²) in [6.45, 7) is 3.44. The van der Waals surface area contributed by atoms with E-state index in [4.69, 9.17) is 10.8 Å². The van der Waals surface area contributed by atoms with Gasteiger partial charge in [0, 0.05) is 19.1 Å². The molecule has 0 aromatic rings. The average molecular weight is 172 g/mol. The van der Waals surface area contributed by atoms with Crippen LogP contribution in [0, 0.1) is 0 Å². The first-order chi connectivity index (χ1) is 5.65. The van der Waals surface area contributed by atoms with Gasteiger partial charge in [-0.15, -0.1) is 0 Å². The summed E-state index contributed by atoms with van der Waals surface area (Å²) in [5.74, 6) is -0.730. The Bertz CT molecular complexity index is 172. The minimum absolute atomic E-state index is 0.165. The number of aliphatic carboxylic acids is 1. The van der Waals surface area contributed by atoms with Crippen molar-refractivity contribution < 1.29 is 9.90 Å². The monoisotopic (exact) mass is 172 g/mol. The molecular formula is C8H16N2O2. The third-order valence-electron chi connectivity index (χ3n) is 2.37. The summed E-state index contributed by atoms with van der Waals surface area (Å²) >= 11 is 0. The van der Waals surface area contributed by atoms with E-state index in [-0.39, 0.29) is 12.1 Å². The van der Waals surface area contributed by atoms with Gasteiger partial charge in [0.25, 0.3) is 0 Å². The first-order valence-electron chi connectivity index (χ1n) is 4.37. The lowest BCUT2D eigenvalue weighted by Gasteiger charge is -2.22. The Labute approximate surface area is 72.3 Å². The van der Waals surface area contributed by atoms with Crippen molar-refractivity contribution in [1.29, 1.82) is 0 Å². The van der Waals surface area contributed by atoms with Crippen LogP contribution >= 0.6 is 0 Å². The van der Waals surface area contributed by atoms with E-state index in [1.54, 1.807) is 0 Å². The van der Waals surface area contributed by atoms with Crippen LogP contribution in [0.15, 0.2) is 0 Å². The van der Waals surface area contributed by atoms with E-state index < -0.39 is 5.97 Å². The standard InChI is InChI=1S/C8H16N2O2/c1-2-7(8(11)12)10-4-3-6(9)5-10/h6-7H,2-5,9H2,1H3,(H,11,12)/t6-,7?/m0/s1. The summed E-state index contributed by atoms with van der Waals surface area (Å²) < 4.78 is 0. The molecule has 0 aliphatic carbocycles. The number of likely N-dealkylation sites (tertiary alicyclic amines) is 1. The highest BCUT2D eigenvalue weighted by Gasteiger charge is 2.29. The van der Waals surface area contributed by atoms with Crippen LogP contribution in [0.25, 0.3) is 0 Å². The lowest BCUT2D eigenvalue weighted by molar-refractivity contribution is -0.143. The summed E-state index contributed by atoms with van der Waals surface area (Å²) in [7, 11) is 0. The molecule has 0 aromatic heterocycles. The van der Waals surface area contributed by atoms with Crippen molar-refractivity contribution >= 4 is 5.97 Å². The molecule has 3 N–H and O–H groups in total. The van der Waals surface area contributed by atoms with Gasteiger partial charge in [-0.1, -0.05) is 6.92 Å². The van der Waals surface area contributed by atoms with E-state index in [1.807, 2.05) is 11.8 Å². The van der Waals surface area contributed by atoms with Crippen LogP contribution in [0.4, 0.5) is 0 Å². The molecule has 70 valence electrons. The van der Waals surface area contributed by atoms with Gasteiger partial charge in [-0.2, -0.15) is 0 Å². The fraction of sp³-hybridized carbons (Fsp3) is 0.875. The predicted octanol–water partition coefficient (Wildman–Crippen LogP) is -0.117. The fourth-order valence-corrected chi connectivity index (χ4v) is 1.69. The first kappa shape index (κ1) is 9.48. The maximum absolute atomic E-state index is 10.7. The Hall–Kier alpha value is -0.610. The zero-order valence-electron chi connectivity index (χ0n) is 7.36. The van der Waals surface area contributed by atoms with Crippen LogP contribution in [0.2, 0.25) is 0 Å². The van der Waals surface area contributed by atoms with E-state index in [0.717, 1.165) is 19.5 Å². The molecule has 1 rings (SSSR count). The van der Waals surface area contributed by atoms with Crippen LogP contribution in [0.1, 0.15) is 19.8 Å². The second-order valence-corrected chi connectivity index (χ2v) is 3.31. The van der Waals surface area contributed by atoms with Crippen LogP contribution in [-0.2, 0) is 4.79 Å². The molecule has 0 amide bonds. The number of nitrogens with two attached hydrogens (primary N) is 1. The predicted molar refractivity (Wildman–Crippen MR) is 45.9 cm³/mol. The van der Waals surface area contributed by atoms with E-state index in [1.165, 1.54) is 0 Å². The molecule has 1 unspecified atom stereocenters. The third kappa shape index (κ3) is 1.95. The molecule has 0 spiro atoms. The van der Waals surface area contributed by atoms with E-state index >= 15 is 0 Å². The second-order valence-electron chi connectivity index (χ2n) is 3.31. The van der Waals surface area contributed by atoms with Crippen LogP contribution in [-0.4, -0.2) is 41.1 Å². The molecular weight excluding hydrogens is 156 g/mol. The second kappa shape index (κ2) is 3.87. The van der Waals surface area contributed by atoms with Crippen molar-refractivity contribution in [2.75, 3.05) is 13.1 Å². The lowest BCUT2D eigenvalue weighted by atomic mass is 10.2. The Morgan fingerprint density at radius 1 is 1.83 bits per heavy atom. The van der Waals surface area contributed by atoms with Gasteiger partial charge < -0.3 is 10.8 Å². The van der Waals surface area contributed by atoms with Crippen molar-refractivity contribution in [1.82, 2.24) is 4.90 Å². The highest BCUT2D eigenvalue weighted by molar-refractivity contribution is 5.73. The Morgan fingerprint density at radius 2 is 2.50 bits per heavy atom. The summed E-state index contributed by atoms with van der Waals surface area (Å²) in [6.07, 6.45) is 1.58. The number of hydrogen-bond donors (Lipinski definition) is 2. The van der Waals surface area contributed by atoms with Crippen molar-refractivity contribution in [3.63, 3.8) is 0 Å². The minimum Gasteiger partial charge on any atom is -0.480 e. The topological polar surface area (TPSA) is 66.6 Å². The molecule has 1 fully saturated rings. The van der Waals surface area contributed by atoms with Gasteiger partial charge in [0.15, 0.2) is 0 Å². The van der Waals surface area contributed by atoms with Crippen LogP contribution in [0.3, 0.4) is 0 Å². The van der Waals surface area contributed by atoms with Gasteiger partial charge in [0.2, 0.25) is 0 Å². The highest BCUT2D eigenvalue weighted by atomic mass is 16.4. The summed E-state index contributed by atoms with van der Waals surface area (Å²) in [4.78, 5) is 12.7. The zero-order chi connectivity index (χ0) is 9.14. The SMILES string of the molecule is CCC(C(=O)O)N1CC[C@H](N)C1. The zero-order valence-corrected chi connectivity index (χ0v) is 7.36. The molecule has 0 aromatic carbocycles. The smallest absolute Gasteiger partial charge is 0.320 e. The Balaban J connectivity index is 2.49. The molecule has 0 radical (unpaired) electrons. The number of hydrogen-bond acceptors (Lipinski definition) is 3. The van der Waals surface area contributed by atoms with Gasteiger partial charge >= 0.3 is 5.97 Å². The first-order valence-corrected chi connectivity index (χ1v) is 4.37. The van der Waals surface area contributed by atoms with Gasteiger partial charge in [-0.25, -0.2) is 0 Å². The van der Waals surface area contributed by atoms with Crippen molar-refractivity contribution in [3.8, 4) is 0 Å². The summed E-state index contributed by atoms with van der Waals surface area (Å²) in [5, 5.41) is 8.84. The quantitative estimate of drug-likeness (QED) is 0.623. The number of rotatable bonds is 3. The van der Waals surface area contributed by atoms with E-state index in [9.17, 15) is 4.79 Å². The van der Waals surface area contributed by atoms with E-state index in [2.05, 4.69) is 0 Å². The molecule has 1 aliphatic heterocycles. The van der Waals surface area contributed by atoms with Gasteiger partial charge in [-0.05, 0) is 12.8 Å². The number of nitrogens with zero attached hydrogens (tertiary/aromatic N) is 1. The fourth-order valence-electron chi connectivity index (χ4n) is 1.69. The van der Waals surface area contributed by atoms with E-state index in [0.29, 0.717) is 6.42 Å². The number of carboxylic acids is 1. The summed E-state index contributed by atoms with van der Waals surface area (Å²) in [5.41, 5.74) is 5.68. The number of carboxylic acid groups (broad SMARTS) is 1. The molecule has 4 nitrogen and oxygen atoms in total. The molecule has 0 saturated carbocycles. The lowest BCUT2D eigenvalue weighted by Crippen LogP contribution is -2.40. The molecule has 2 atom stereocenters. The minimum atomic E-state index is -0.730. The summed E-state index contributed by atoms with van der Waals surface area (Å²) in [6, 6.07) is -0.169.